The molecule has 1 N–H and O–H groups in total. The molecule has 29 heavy (non-hydrogen) atoms. The first-order chi connectivity index (χ1) is 12.6. The molecular formula is C20H32N2O5S2. The predicted molar refractivity (Wildman–Crippen MR) is 119 cm³/mol. The lowest BCUT2D eigenvalue weighted by Gasteiger charge is -2.28. The maximum atomic E-state index is 13.2. The van der Waals surface area contributed by atoms with E-state index in [1.54, 1.807) is 11.0 Å². The number of hydrogen-bond donors (Lipinski definition) is 1. The summed E-state index contributed by atoms with van der Waals surface area (Å²) in [6, 6.07) is 0.471. The van der Waals surface area contributed by atoms with Crippen LogP contribution in [-0.4, -0.2) is 53.8 Å². The van der Waals surface area contributed by atoms with E-state index in [9.17, 15) is 14.4 Å². The zero-order chi connectivity index (χ0) is 18.1. The second-order valence-electron chi connectivity index (χ2n) is 7.51. The van der Waals surface area contributed by atoms with Crippen LogP contribution >= 0.6 is 27.0 Å². The molecule has 1 aromatic heterocycles. The standard InChI is InChI=1S/C19H24N2O5.CH4.2H2S/c22-15-11-26-16-5-7-21(17(15)16)19(24)14(9-12-3-1-2-4-12)20-18(23)13-6-8-25-10-13;;;/h6,8,10,12,14,16-17H,1-5,7,9,11H2,(H,20,23);1H4;2*1H2/t14-,16+,17+;;;/m0.../s1. The second-order valence-corrected chi connectivity index (χ2v) is 7.51. The Bertz CT molecular complexity index is 691. The van der Waals surface area contributed by atoms with Crippen molar-refractivity contribution in [3.63, 3.8) is 0 Å². The largest absolute Gasteiger partial charge is 0.472 e. The molecule has 3 atom stereocenters. The van der Waals surface area contributed by atoms with Gasteiger partial charge in [-0.15, -0.1) is 0 Å². The fourth-order valence-electron chi connectivity index (χ4n) is 4.48. The summed E-state index contributed by atoms with van der Waals surface area (Å²) in [4.78, 5) is 39.4. The molecule has 9 heteroatoms. The molecule has 0 bridgehead atoms. The van der Waals surface area contributed by atoms with Crippen molar-refractivity contribution >= 4 is 44.6 Å². The minimum atomic E-state index is -0.618. The van der Waals surface area contributed by atoms with Crippen molar-refractivity contribution < 1.29 is 23.5 Å². The number of ketones is 1. The molecule has 1 saturated carbocycles. The van der Waals surface area contributed by atoms with Crippen molar-refractivity contribution in [3.8, 4) is 0 Å². The van der Waals surface area contributed by atoms with Crippen LogP contribution in [0.25, 0.3) is 0 Å². The van der Waals surface area contributed by atoms with E-state index in [1.165, 1.54) is 25.4 Å². The lowest BCUT2D eigenvalue weighted by molar-refractivity contribution is -0.138. The van der Waals surface area contributed by atoms with Crippen LogP contribution in [0.2, 0.25) is 0 Å². The third-order valence-electron chi connectivity index (χ3n) is 5.83. The van der Waals surface area contributed by atoms with E-state index in [0.717, 1.165) is 12.8 Å². The van der Waals surface area contributed by atoms with E-state index in [1.807, 2.05) is 0 Å². The first-order valence-corrected chi connectivity index (χ1v) is 9.41. The SMILES string of the molecule is C.O=C(N[C@@H](CC1CCCC1)C(=O)N1CC[C@H]2OCC(=O)[C@H]21)c1ccoc1.S.S. The smallest absolute Gasteiger partial charge is 0.255 e. The van der Waals surface area contributed by atoms with Crippen LogP contribution in [-0.2, 0) is 14.3 Å². The zero-order valence-corrected chi connectivity index (χ0v) is 17.7. The number of Topliss-reactive ketones (excluding diaryl/α,β-unsaturated/α-hetero) is 1. The number of nitrogens with zero attached hydrogens (tertiary/aromatic N) is 1. The van der Waals surface area contributed by atoms with E-state index in [4.69, 9.17) is 9.15 Å². The Morgan fingerprint density at radius 3 is 2.59 bits per heavy atom. The average molecular weight is 445 g/mol. The van der Waals surface area contributed by atoms with Gasteiger partial charge in [-0.05, 0) is 24.8 Å². The molecule has 0 unspecified atom stereocenters. The van der Waals surface area contributed by atoms with Gasteiger partial charge in [-0.25, -0.2) is 0 Å². The van der Waals surface area contributed by atoms with Gasteiger partial charge in [0.25, 0.3) is 5.91 Å². The highest BCUT2D eigenvalue weighted by Crippen LogP contribution is 2.31. The van der Waals surface area contributed by atoms with E-state index >= 15 is 0 Å². The lowest BCUT2D eigenvalue weighted by atomic mass is 9.96. The molecule has 3 aliphatic rings. The molecule has 164 valence electrons. The van der Waals surface area contributed by atoms with E-state index < -0.39 is 12.1 Å². The van der Waals surface area contributed by atoms with E-state index in [-0.39, 0.29) is 64.7 Å². The third-order valence-corrected chi connectivity index (χ3v) is 5.83. The molecule has 3 fully saturated rings. The molecule has 3 heterocycles. The topological polar surface area (TPSA) is 88.9 Å². The van der Waals surface area contributed by atoms with Crippen LogP contribution in [0.1, 0.15) is 56.3 Å². The molecule has 2 amide bonds. The summed E-state index contributed by atoms with van der Waals surface area (Å²) in [7, 11) is 0. The van der Waals surface area contributed by atoms with Gasteiger partial charge in [0.15, 0.2) is 5.78 Å². The highest BCUT2D eigenvalue weighted by Gasteiger charge is 2.48. The molecule has 1 aliphatic carbocycles. The van der Waals surface area contributed by atoms with Crippen molar-refractivity contribution in [2.75, 3.05) is 13.2 Å². The van der Waals surface area contributed by atoms with Crippen molar-refractivity contribution in [1.82, 2.24) is 10.2 Å². The van der Waals surface area contributed by atoms with Gasteiger partial charge in [-0.1, -0.05) is 33.1 Å². The maximum absolute atomic E-state index is 13.2. The maximum Gasteiger partial charge on any atom is 0.255 e. The summed E-state index contributed by atoms with van der Waals surface area (Å²) < 4.78 is 10.4. The molecular weight excluding hydrogens is 412 g/mol. The summed E-state index contributed by atoms with van der Waals surface area (Å²) in [5, 5.41) is 2.88. The molecule has 0 aromatic carbocycles. The van der Waals surface area contributed by atoms with Crippen LogP contribution < -0.4 is 5.32 Å². The highest BCUT2D eigenvalue weighted by atomic mass is 32.1. The van der Waals surface area contributed by atoms with Crippen LogP contribution in [0.4, 0.5) is 0 Å². The summed E-state index contributed by atoms with van der Waals surface area (Å²) in [6.45, 7) is 0.580. The zero-order valence-electron chi connectivity index (χ0n) is 15.7. The van der Waals surface area contributed by atoms with Gasteiger partial charge in [0.05, 0.1) is 17.9 Å². The average Bonchev–Trinajstić information content (AvgIpc) is 3.41. The lowest BCUT2D eigenvalue weighted by Crippen LogP contribution is -2.52. The Labute approximate surface area is 185 Å². The summed E-state index contributed by atoms with van der Waals surface area (Å²) in [5.41, 5.74) is 0.397. The van der Waals surface area contributed by atoms with Gasteiger partial charge in [-0.2, -0.15) is 27.0 Å². The molecule has 0 spiro atoms. The number of furan rings is 1. The monoisotopic (exact) mass is 444 g/mol. The van der Waals surface area contributed by atoms with Crippen molar-refractivity contribution in [2.24, 2.45) is 5.92 Å². The quantitative estimate of drug-likeness (QED) is 0.753. The van der Waals surface area contributed by atoms with Gasteiger partial charge in [-0.3, -0.25) is 14.4 Å². The second kappa shape index (κ2) is 11.1. The van der Waals surface area contributed by atoms with E-state index in [2.05, 4.69) is 5.32 Å². The van der Waals surface area contributed by atoms with Gasteiger partial charge < -0.3 is 19.4 Å². The van der Waals surface area contributed by atoms with Crippen molar-refractivity contribution in [1.29, 1.82) is 0 Å². The van der Waals surface area contributed by atoms with Crippen LogP contribution in [0.15, 0.2) is 23.0 Å². The molecule has 1 aromatic rings. The Hall–Kier alpha value is -1.45. The summed E-state index contributed by atoms with van der Waals surface area (Å²) in [6.07, 6.45) is 8.40. The van der Waals surface area contributed by atoms with Crippen molar-refractivity contribution in [2.45, 2.75) is 64.1 Å². The van der Waals surface area contributed by atoms with Crippen LogP contribution in [0.3, 0.4) is 0 Å². The number of likely N-dealkylation sites (tertiary alicyclic amines) is 1. The van der Waals surface area contributed by atoms with Crippen molar-refractivity contribution in [3.05, 3.63) is 24.2 Å². The number of amides is 2. The summed E-state index contributed by atoms with van der Waals surface area (Å²) >= 11 is 0. The molecule has 2 saturated heterocycles. The van der Waals surface area contributed by atoms with E-state index in [0.29, 0.717) is 30.9 Å². The number of ether oxygens (including phenoxy) is 1. The Balaban J connectivity index is 0.00000140. The molecule has 2 aliphatic heterocycles. The number of hydrogen-bond acceptors (Lipinski definition) is 5. The molecule has 0 radical (unpaired) electrons. The highest BCUT2D eigenvalue weighted by molar-refractivity contribution is 7.59. The third kappa shape index (κ3) is 5.38. The first-order valence-electron chi connectivity index (χ1n) is 9.41. The van der Waals surface area contributed by atoms with Gasteiger partial charge >= 0.3 is 0 Å². The number of carbonyl (C=O) groups is 3. The minimum absolute atomic E-state index is 0. The Morgan fingerprint density at radius 2 is 1.93 bits per heavy atom. The van der Waals surface area contributed by atoms with Gasteiger partial charge in [0.1, 0.15) is 25.0 Å². The normalized spacial score (nSPS) is 24.1. The Kier molecular flexibility index (Phi) is 9.78. The minimum Gasteiger partial charge on any atom is -0.472 e. The fraction of sp³-hybridized carbons (Fsp3) is 0.650. The number of fused-ring (bicyclic) bond motifs is 1. The number of rotatable bonds is 5. The molecule has 7 nitrogen and oxygen atoms in total. The van der Waals surface area contributed by atoms with Gasteiger partial charge in [0, 0.05) is 6.54 Å². The van der Waals surface area contributed by atoms with Crippen LogP contribution in [0.5, 0.6) is 0 Å². The number of carbonyl (C=O) groups excluding carboxylic acids is 3. The van der Waals surface area contributed by atoms with Crippen LogP contribution in [0, 0.1) is 5.92 Å². The number of nitrogens with one attached hydrogen (secondary N) is 1. The predicted octanol–water partition coefficient (Wildman–Crippen LogP) is 2.39. The first kappa shape index (κ1) is 25.6. The molecule has 4 rings (SSSR count). The fourth-order valence-corrected chi connectivity index (χ4v) is 4.48. The van der Waals surface area contributed by atoms with Gasteiger partial charge in [0.2, 0.25) is 5.91 Å². The Morgan fingerprint density at radius 1 is 1.21 bits per heavy atom. The summed E-state index contributed by atoms with van der Waals surface area (Å²) in [5.74, 6) is -0.0934.